The van der Waals surface area contributed by atoms with E-state index in [-0.39, 0.29) is 0 Å². The number of fused-ring (bicyclic) bond motifs is 28. The molecule has 10 atom stereocenters. The maximum Gasteiger partial charge on any atom is 0.0728 e. The third-order valence-corrected chi connectivity index (χ3v) is 27.7. The molecular weight excluding hydrogens is 1140 g/mol. The number of rotatable bonds is 5. The Morgan fingerprint density at radius 2 is 0.702 bits per heavy atom. The van der Waals surface area contributed by atoms with Gasteiger partial charge in [0.15, 0.2) is 0 Å². The molecule has 8 heterocycles. The first kappa shape index (κ1) is 48.4. The summed E-state index contributed by atoms with van der Waals surface area (Å²) in [5, 5.41) is 16.1. The molecule has 6 fully saturated rings. The van der Waals surface area contributed by atoms with Gasteiger partial charge < -0.3 is 17.9 Å². The minimum absolute atomic E-state index is 0.504. The van der Waals surface area contributed by atoms with Crippen LogP contribution in [0.2, 0.25) is 0 Å². The van der Waals surface area contributed by atoms with Crippen LogP contribution in [0.4, 0.5) is 0 Å². The summed E-state index contributed by atoms with van der Waals surface area (Å²) in [5.74, 6) is 5.79. The Labute approximate surface area is 540 Å². The Bertz CT molecular complexity index is 6180. The highest BCUT2D eigenvalue weighted by Crippen LogP contribution is 2.83. The molecule has 6 nitrogen and oxygen atoms in total. The number of pyridine rings is 2. The van der Waals surface area contributed by atoms with Crippen molar-refractivity contribution in [2.75, 3.05) is 0 Å². The molecule has 10 unspecified atom stereocenters. The molecule has 6 heteroatoms. The predicted octanol–water partition coefficient (Wildman–Crippen LogP) is 22.0. The van der Waals surface area contributed by atoms with E-state index in [4.69, 9.17) is 9.97 Å². The number of hydrogen-bond donors (Lipinski definition) is 0. The van der Waals surface area contributed by atoms with E-state index < -0.39 is 0 Å². The zero-order valence-corrected chi connectivity index (χ0v) is 51.7. The van der Waals surface area contributed by atoms with Crippen LogP contribution >= 0.6 is 0 Å². The summed E-state index contributed by atoms with van der Waals surface area (Å²) in [6, 6.07) is 79.1. The smallest absolute Gasteiger partial charge is 0.0728 e. The molecule has 0 saturated heterocycles. The SMILES string of the molecule is c1ccc(-c2cccc(-n3c4ccccc4c4cc5c(cc43)c3cc(-c4cc6c7cc8c(cc7n7c9cnc%10c(c9c(c4)c67)C4CC6CC7CC%10C67C4)c4ccccc4n8-c4cccc(-c6ccccc6)c4)cc4c6c7c(ncc6n5c34)C3CC4CC5CC7CC543)c2)cc1. The fraction of sp³-hybridized carbons (Fsp3) is 0.205. The van der Waals surface area contributed by atoms with Crippen LogP contribution in [-0.2, 0) is 0 Å². The van der Waals surface area contributed by atoms with Crippen LogP contribution in [0.5, 0.6) is 0 Å². The summed E-state index contributed by atoms with van der Waals surface area (Å²) in [4.78, 5) is 11.4. The van der Waals surface area contributed by atoms with Crippen LogP contribution < -0.4 is 0 Å². The first-order chi connectivity index (χ1) is 46.5. The number of benzene rings is 10. The molecule has 0 N–H and O–H groups in total. The van der Waals surface area contributed by atoms with Gasteiger partial charge in [0.1, 0.15) is 0 Å². The molecule has 0 radical (unpaired) electrons. The normalized spacial score (nSPS) is 25.8. The van der Waals surface area contributed by atoms with Crippen molar-refractivity contribution in [3.05, 3.63) is 241 Å². The van der Waals surface area contributed by atoms with Crippen LogP contribution in [0.15, 0.2) is 219 Å². The molecule has 26 rings (SSSR count). The Morgan fingerprint density at radius 3 is 1.17 bits per heavy atom. The second-order valence-electron chi connectivity index (χ2n) is 30.8. The molecule has 4 bridgehead atoms. The van der Waals surface area contributed by atoms with E-state index in [2.05, 4.69) is 237 Å². The van der Waals surface area contributed by atoms with E-state index in [1.54, 1.807) is 11.1 Å². The summed E-state index contributed by atoms with van der Waals surface area (Å²) in [6.07, 6.45) is 15.5. The van der Waals surface area contributed by atoms with Crippen LogP contribution in [0.25, 0.3) is 165 Å². The summed E-state index contributed by atoms with van der Waals surface area (Å²) in [6.45, 7) is 0. The van der Waals surface area contributed by atoms with E-state index in [0.29, 0.717) is 34.5 Å². The minimum atomic E-state index is 0.504. The zero-order valence-electron chi connectivity index (χ0n) is 51.7. The summed E-state index contributed by atoms with van der Waals surface area (Å²) in [5.41, 5.74) is 29.6. The van der Waals surface area contributed by atoms with Crippen molar-refractivity contribution in [3.8, 4) is 44.8 Å². The monoisotopic (exact) mass is 1200 g/mol. The third-order valence-electron chi connectivity index (χ3n) is 27.7. The summed E-state index contributed by atoms with van der Waals surface area (Å²) >= 11 is 0. The maximum atomic E-state index is 5.71. The van der Waals surface area contributed by atoms with Crippen molar-refractivity contribution >= 4 is 120 Å². The lowest BCUT2D eigenvalue weighted by atomic mass is 9.37. The van der Waals surface area contributed by atoms with E-state index in [1.165, 1.54) is 227 Å². The Morgan fingerprint density at radius 1 is 0.298 bits per heavy atom. The molecule has 6 saturated carbocycles. The van der Waals surface area contributed by atoms with Gasteiger partial charge in [0.05, 0.1) is 67.6 Å². The first-order valence-electron chi connectivity index (χ1n) is 35.0. The van der Waals surface area contributed by atoms with Crippen molar-refractivity contribution in [2.24, 2.45) is 34.5 Å². The lowest BCUT2D eigenvalue weighted by Crippen LogP contribution is -2.59. The van der Waals surface area contributed by atoms with Crippen molar-refractivity contribution in [2.45, 2.75) is 75.0 Å². The standard InChI is InChI=1S/C88H60N6/c1-3-13-45(14-4-1)47-17-11-19-57(27-47)91-71-23-9-7-21-59(71)61-37-75-63(39-73(61)91)65-29-49(31-67-81-77(93(75)85(65)67)43-89-83-69-35-55-33-53-25-51(79(81)83)41-87(53,55)69)50-30-66-64-40-74-62(60-22-8-10-24-72(60)92(74)58-20-12-18-48(28-58)46-15-5-2-6-16-46)38-76(64)94-78-44-90-84-70-36-56-34-54-26-52(42-88(54,56)70)80(84)82(78)68(32-50)86(66)94/h1-24,27-32,37-40,43-44,51-56,69-70H,25-26,33-36,41-42H2. The highest BCUT2D eigenvalue weighted by molar-refractivity contribution is 6.30. The van der Waals surface area contributed by atoms with Crippen LogP contribution in [0.3, 0.4) is 0 Å². The fourth-order valence-corrected chi connectivity index (χ4v) is 24.1. The second-order valence-corrected chi connectivity index (χ2v) is 30.8. The van der Waals surface area contributed by atoms with Gasteiger partial charge in [0, 0.05) is 99.2 Å². The predicted molar refractivity (Wildman–Crippen MR) is 383 cm³/mol. The van der Waals surface area contributed by atoms with Gasteiger partial charge in [0.2, 0.25) is 0 Å². The van der Waals surface area contributed by atoms with E-state index in [1.807, 2.05) is 0 Å². The van der Waals surface area contributed by atoms with Gasteiger partial charge in [-0.1, -0.05) is 121 Å². The molecule has 8 aliphatic rings. The molecule has 442 valence electrons. The van der Waals surface area contributed by atoms with Gasteiger partial charge in [-0.05, 0) is 227 Å². The Balaban J connectivity index is 0.784. The molecule has 0 amide bonds. The number of para-hydroxylation sites is 2. The second kappa shape index (κ2) is 16.0. The number of aromatic nitrogens is 6. The van der Waals surface area contributed by atoms with Crippen molar-refractivity contribution in [1.82, 2.24) is 27.9 Å². The largest absolute Gasteiger partial charge is 0.309 e. The zero-order chi connectivity index (χ0) is 60.1. The van der Waals surface area contributed by atoms with Crippen LogP contribution in [-0.4, -0.2) is 27.9 Å². The van der Waals surface area contributed by atoms with Crippen molar-refractivity contribution in [1.29, 1.82) is 0 Å². The lowest BCUT2D eigenvalue weighted by Gasteiger charge is -2.67. The Hall–Kier alpha value is -10.3. The molecule has 18 aromatic rings. The average molecular weight is 1200 g/mol. The molecule has 10 aromatic carbocycles. The molecule has 94 heavy (non-hydrogen) atoms. The van der Waals surface area contributed by atoms with Crippen molar-refractivity contribution in [3.63, 3.8) is 0 Å². The lowest BCUT2D eigenvalue weighted by molar-refractivity contribution is -0.147. The van der Waals surface area contributed by atoms with Gasteiger partial charge >= 0.3 is 0 Å². The van der Waals surface area contributed by atoms with Crippen LogP contribution in [0, 0.1) is 34.5 Å². The third kappa shape index (κ3) is 5.34. The summed E-state index contributed by atoms with van der Waals surface area (Å²) < 4.78 is 10.4. The van der Waals surface area contributed by atoms with E-state index in [0.717, 1.165) is 23.7 Å². The minimum Gasteiger partial charge on any atom is -0.309 e. The number of hydrogen-bond acceptors (Lipinski definition) is 2. The average Bonchev–Trinajstić information content (AvgIpc) is 1.44. The van der Waals surface area contributed by atoms with Gasteiger partial charge in [-0.25, -0.2) is 0 Å². The number of nitrogens with zero attached hydrogens (tertiary/aromatic N) is 6. The topological polar surface area (TPSA) is 44.5 Å². The highest BCUT2D eigenvalue weighted by Gasteiger charge is 2.74. The first-order valence-corrected chi connectivity index (χ1v) is 35.0. The van der Waals surface area contributed by atoms with Crippen molar-refractivity contribution < 1.29 is 0 Å². The quantitative estimate of drug-likeness (QED) is 0.172. The Kier molecular flexibility index (Phi) is 8.25. The van der Waals surface area contributed by atoms with Gasteiger partial charge in [-0.2, -0.15) is 0 Å². The molecular formula is C88H60N6. The molecule has 8 aliphatic carbocycles. The maximum absolute atomic E-state index is 5.71. The summed E-state index contributed by atoms with van der Waals surface area (Å²) in [7, 11) is 0. The molecule has 8 aromatic heterocycles. The highest BCUT2D eigenvalue weighted by atomic mass is 15.0. The fourth-order valence-electron chi connectivity index (χ4n) is 24.1. The van der Waals surface area contributed by atoms with Gasteiger partial charge in [-0.15, -0.1) is 0 Å². The van der Waals surface area contributed by atoms with E-state index in [9.17, 15) is 0 Å². The molecule has 0 aliphatic heterocycles. The van der Waals surface area contributed by atoms with E-state index >= 15 is 0 Å². The molecule has 2 spiro atoms. The van der Waals surface area contributed by atoms with Crippen LogP contribution in [0.1, 0.15) is 97.6 Å². The van der Waals surface area contributed by atoms with Gasteiger partial charge in [-0.3, -0.25) is 9.97 Å². The van der Waals surface area contributed by atoms with Gasteiger partial charge in [0.25, 0.3) is 0 Å².